The molecule has 0 aromatic heterocycles. The van der Waals surface area contributed by atoms with Crippen molar-refractivity contribution in [2.45, 2.75) is 13.8 Å². The van der Waals surface area contributed by atoms with Gasteiger partial charge in [0.1, 0.15) is 23.0 Å². The first-order valence-electron chi connectivity index (χ1n) is 9.62. The molecule has 1 aliphatic rings. The summed E-state index contributed by atoms with van der Waals surface area (Å²) in [4.78, 5) is 28.4. The van der Waals surface area contributed by atoms with Crippen molar-refractivity contribution in [1.29, 1.82) is 5.26 Å². The molecular weight excluding hydrogens is 408 g/mol. The van der Waals surface area contributed by atoms with Crippen LogP contribution in [0.2, 0.25) is 5.02 Å². The monoisotopic (exact) mass is 432 g/mol. The zero-order valence-electron chi connectivity index (χ0n) is 17.1. The number of nitrogens with two attached hydrogens (primary N) is 1. The lowest BCUT2D eigenvalue weighted by Gasteiger charge is -2.37. The molecule has 8 nitrogen and oxygen atoms in total. The third-order valence-corrected chi connectivity index (χ3v) is 4.74. The second kappa shape index (κ2) is 11.1. The van der Waals surface area contributed by atoms with Crippen molar-refractivity contribution >= 4 is 29.2 Å². The first-order valence-corrected chi connectivity index (χ1v) is 10.00. The summed E-state index contributed by atoms with van der Waals surface area (Å²) in [5.41, 5.74) is 6.95. The summed E-state index contributed by atoms with van der Waals surface area (Å²) in [7, 11) is 0. The Bertz CT molecular complexity index is 866. The lowest BCUT2D eigenvalue weighted by atomic mass is 10.1. The number of anilines is 1. The SMILES string of the molecule is CCOC(=O)C(/C=C(\C#N)C(=O)OCC)=C(/N)N1CCN(c2ccc(Cl)cc2)CC1. The largest absolute Gasteiger partial charge is 0.462 e. The number of piperazine rings is 1. The number of rotatable bonds is 7. The van der Waals surface area contributed by atoms with E-state index in [2.05, 4.69) is 4.90 Å². The third-order valence-electron chi connectivity index (χ3n) is 4.49. The van der Waals surface area contributed by atoms with Crippen LogP contribution in [0, 0.1) is 11.3 Å². The highest BCUT2D eigenvalue weighted by Crippen LogP contribution is 2.21. The smallest absolute Gasteiger partial charge is 0.348 e. The fraction of sp³-hybridized carbons (Fsp3) is 0.381. The molecule has 0 atom stereocenters. The molecule has 0 unspecified atom stereocenters. The number of hydrogen-bond acceptors (Lipinski definition) is 8. The Morgan fingerprint density at radius 2 is 1.67 bits per heavy atom. The van der Waals surface area contributed by atoms with E-state index < -0.39 is 11.9 Å². The Hall–Kier alpha value is -3.18. The number of hydrogen-bond donors (Lipinski definition) is 1. The summed E-state index contributed by atoms with van der Waals surface area (Å²) in [6.07, 6.45) is 1.14. The second-order valence-electron chi connectivity index (χ2n) is 6.36. The molecule has 0 amide bonds. The van der Waals surface area contributed by atoms with Gasteiger partial charge in [-0.2, -0.15) is 5.26 Å². The lowest BCUT2D eigenvalue weighted by Crippen LogP contribution is -2.48. The van der Waals surface area contributed by atoms with E-state index in [1.165, 1.54) is 0 Å². The maximum atomic E-state index is 12.5. The van der Waals surface area contributed by atoms with Crippen LogP contribution in [0.25, 0.3) is 0 Å². The van der Waals surface area contributed by atoms with Gasteiger partial charge >= 0.3 is 11.9 Å². The Morgan fingerprint density at radius 1 is 1.10 bits per heavy atom. The molecule has 0 spiro atoms. The average molecular weight is 433 g/mol. The van der Waals surface area contributed by atoms with Gasteiger partial charge in [0.25, 0.3) is 0 Å². The quantitative estimate of drug-likeness (QED) is 0.302. The van der Waals surface area contributed by atoms with Crippen molar-refractivity contribution in [2.24, 2.45) is 5.73 Å². The lowest BCUT2D eigenvalue weighted by molar-refractivity contribution is -0.138. The topological polar surface area (TPSA) is 109 Å². The van der Waals surface area contributed by atoms with Crippen LogP contribution in [0.15, 0.2) is 47.3 Å². The van der Waals surface area contributed by atoms with Crippen LogP contribution in [0.3, 0.4) is 0 Å². The van der Waals surface area contributed by atoms with E-state index in [0.717, 1.165) is 11.8 Å². The maximum absolute atomic E-state index is 12.5. The van der Waals surface area contributed by atoms with E-state index in [1.54, 1.807) is 19.9 Å². The van der Waals surface area contributed by atoms with Gasteiger partial charge in [-0.15, -0.1) is 0 Å². The van der Waals surface area contributed by atoms with Crippen LogP contribution in [0.4, 0.5) is 5.69 Å². The minimum absolute atomic E-state index is 0.0404. The number of nitriles is 1. The zero-order chi connectivity index (χ0) is 22.1. The normalized spacial score (nSPS) is 15.2. The van der Waals surface area contributed by atoms with E-state index in [9.17, 15) is 14.9 Å². The first-order chi connectivity index (χ1) is 14.4. The summed E-state index contributed by atoms with van der Waals surface area (Å²) in [6.45, 7) is 5.98. The number of carbonyl (C=O) groups excluding carboxylic acids is 2. The molecule has 1 aromatic rings. The summed E-state index contributed by atoms with van der Waals surface area (Å²) in [5, 5.41) is 9.96. The molecule has 2 rings (SSSR count). The van der Waals surface area contributed by atoms with Crippen molar-refractivity contribution < 1.29 is 19.1 Å². The molecule has 2 N–H and O–H groups in total. The molecule has 1 aromatic carbocycles. The number of benzene rings is 1. The van der Waals surface area contributed by atoms with Gasteiger partial charge in [0.15, 0.2) is 0 Å². The molecule has 0 radical (unpaired) electrons. The molecule has 0 saturated carbocycles. The molecule has 1 aliphatic heterocycles. The standard InChI is InChI=1S/C21H25ClN4O4/c1-3-29-20(27)15(14-23)13-18(21(28)30-4-2)19(24)26-11-9-25(10-12-26)17-7-5-16(22)6-8-17/h5-8,13H,3-4,9-12,24H2,1-2H3/b15-13+,19-18-. The van der Waals surface area contributed by atoms with Crippen LogP contribution in [0.1, 0.15) is 13.8 Å². The summed E-state index contributed by atoms with van der Waals surface area (Å²) in [6, 6.07) is 9.32. The van der Waals surface area contributed by atoms with E-state index >= 15 is 0 Å². The van der Waals surface area contributed by atoms with Gasteiger partial charge < -0.3 is 25.0 Å². The highest BCUT2D eigenvalue weighted by Gasteiger charge is 2.24. The molecule has 9 heteroatoms. The highest BCUT2D eigenvalue weighted by molar-refractivity contribution is 6.30. The predicted octanol–water partition coefficient (Wildman–Crippen LogP) is 2.21. The Kier molecular flexibility index (Phi) is 8.56. The van der Waals surface area contributed by atoms with Gasteiger partial charge in [0, 0.05) is 36.9 Å². The molecule has 1 fully saturated rings. The van der Waals surface area contributed by atoms with E-state index in [4.69, 9.17) is 26.8 Å². The minimum Gasteiger partial charge on any atom is -0.462 e. The van der Waals surface area contributed by atoms with E-state index in [0.29, 0.717) is 31.2 Å². The Morgan fingerprint density at radius 3 is 2.20 bits per heavy atom. The fourth-order valence-corrected chi connectivity index (χ4v) is 3.09. The van der Waals surface area contributed by atoms with Crippen molar-refractivity contribution in [3.63, 3.8) is 0 Å². The molecule has 30 heavy (non-hydrogen) atoms. The van der Waals surface area contributed by atoms with E-state index in [1.807, 2.05) is 29.2 Å². The van der Waals surface area contributed by atoms with Crippen molar-refractivity contribution in [3.8, 4) is 6.07 Å². The number of halogens is 1. The summed E-state index contributed by atoms with van der Waals surface area (Å²) < 4.78 is 9.93. The molecule has 1 saturated heterocycles. The number of ether oxygens (including phenoxy) is 2. The third kappa shape index (κ3) is 5.91. The minimum atomic E-state index is -0.817. The number of nitrogens with zero attached hydrogens (tertiary/aromatic N) is 3. The summed E-state index contributed by atoms with van der Waals surface area (Å²) >= 11 is 5.95. The second-order valence-corrected chi connectivity index (χ2v) is 6.80. The van der Waals surface area contributed by atoms with Gasteiger partial charge in [-0.3, -0.25) is 0 Å². The molecule has 0 bridgehead atoms. The Balaban J connectivity index is 2.25. The van der Waals surface area contributed by atoms with Crippen LogP contribution in [0.5, 0.6) is 0 Å². The van der Waals surface area contributed by atoms with E-state index in [-0.39, 0.29) is 30.2 Å². The molecule has 1 heterocycles. The van der Waals surface area contributed by atoms with Crippen molar-refractivity contribution in [3.05, 3.63) is 52.3 Å². The van der Waals surface area contributed by atoms with Gasteiger partial charge in [0.05, 0.1) is 13.2 Å². The summed E-state index contributed by atoms with van der Waals surface area (Å²) in [5.74, 6) is -1.37. The molecular formula is C21H25ClN4O4. The Labute approximate surface area is 181 Å². The highest BCUT2D eigenvalue weighted by atomic mass is 35.5. The molecule has 160 valence electrons. The first kappa shape index (κ1) is 23.1. The van der Waals surface area contributed by atoms with Crippen LogP contribution in [-0.4, -0.2) is 56.2 Å². The van der Waals surface area contributed by atoms with Crippen LogP contribution in [-0.2, 0) is 19.1 Å². The van der Waals surface area contributed by atoms with Gasteiger partial charge in [-0.25, -0.2) is 9.59 Å². The van der Waals surface area contributed by atoms with Crippen LogP contribution >= 0.6 is 11.6 Å². The average Bonchev–Trinajstić information content (AvgIpc) is 2.75. The van der Waals surface area contributed by atoms with Crippen molar-refractivity contribution in [2.75, 3.05) is 44.3 Å². The van der Waals surface area contributed by atoms with Gasteiger partial charge in [0.2, 0.25) is 0 Å². The maximum Gasteiger partial charge on any atom is 0.348 e. The van der Waals surface area contributed by atoms with Gasteiger partial charge in [-0.1, -0.05) is 11.6 Å². The molecule has 0 aliphatic carbocycles. The van der Waals surface area contributed by atoms with Crippen LogP contribution < -0.4 is 10.6 Å². The fourth-order valence-electron chi connectivity index (χ4n) is 2.96. The predicted molar refractivity (Wildman–Crippen MR) is 113 cm³/mol. The number of carbonyl (C=O) groups is 2. The number of esters is 2. The zero-order valence-corrected chi connectivity index (χ0v) is 17.8. The van der Waals surface area contributed by atoms with Crippen molar-refractivity contribution in [1.82, 2.24) is 4.90 Å². The van der Waals surface area contributed by atoms with Gasteiger partial charge in [-0.05, 0) is 44.2 Å².